The third kappa shape index (κ3) is 1.03. The molecule has 70 valence electrons. The van der Waals surface area contributed by atoms with Gasteiger partial charge >= 0.3 is 0 Å². The van der Waals surface area contributed by atoms with Crippen molar-refractivity contribution >= 4 is 5.95 Å². The third-order valence-electron chi connectivity index (χ3n) is 3.07. The summed E-state index contributed by atoms with van der Waals surface area (Å²) in [7, 11) is 0. The summed E-state index contributed by atoms with van der Waals surface area (Å²) in [6.45, 7) is 0. The second-order valence-electron chi connectivity index (χ2n) is 3.88. The maximum atomic E-state index is 5.41. The molecule has 1 aromatic heterocycles. The van der Waals surface area contributed by atoms with E-state index in [2.05, 4.69) is 15.5 Å². The molecule has 1 aromatic rings. The van der Waals surface area contributed by atoms with Crippen LogP contribution in [0.5, 0.6) is 0 Å². The Balaban J connectivity index is 1.87. The molecule has 0 saturated carbocycles. The molecule has 0 aliphatic carbocycles. The molecule has 0 unspecified atom stereocenters. The van der Waals surface area contributed by atoms with E-state index >= 15 is 0 Å². The summed E-state index contributed by atoms with van der Waals surface area (Å²) in [4.78, 5) is 4.07. The summed E-state index contributed by atoms with van der Waals surface area (Å²) >= 11 is 0. The second kappa shape index (κ2) is 2.45. The quantitative estimate of drug-likeness (QED) is 0.648. The van der Waals surface area contributed by atoms with Crippen molar-refractivity contribution in [3.05, 3.63) is 5.89 Å². The molecule has 0 aromatic carbocycles. The van der Waals surface area contributed by atoms with Gasteiger partial charge in [-0.3, -0.25) is 0 Å². The number of rotatable bonds is 1. The van der Waals surface area contributed by atoms with Crippen LogP contribution in [-0.2, 0) is 0 Å². The number of nitrogens with zero attached hydrogens (tertiary/aromatic N) is 2. The number of anilines is 1. The predicted molar refractivity (Wildman–Crippen MR) is 46.0 cm³/mol. The first-order valence-electron chi connectivity index (χ1n) is 4.68. The van der Waals surface area contributed by atoms with Crippen LogP contribution in [0.25, 0.3) is 0 Å². The molecule has 2 aliphatic heterocycles. The lowest BCUT2D eigenvalue weighted by molar-refractivity contribution is 0.330. The predicted octanol–water partition coefficient (Wildman–Crippen LogP) is 0.260. The molecular formula is C8H12N4O. The molecule has 5 nitrogen and oxygen atoms in total. The van der Waals surface area contributed by atoms with Crippen molar-refractivity contribution in [3.8, 4) is 0 Å². The van der Waals surface area contributed by atoms with E-state index in [9.17, 15) is 0 Å². The van der Waals surface area contributed by atoms with Crippen LogP contribution in [-0.4, -0.2) is 22.2 Å². The largest absolute Gasteiger partial charge is 0.365 e. The maximum absolute atomic E-state index is 5.41. The summed E-state index contributed by atoms with van der Waals surface area (Å²) in [5, 5.41) is 7.13. The number of nitrogen functional groups attached to an aromatic ring is 1. The number of hydrogen-bond acceptors (Lipinski definition) is 5. The standard InChI is InChI=1S/C8H12N4O/c9-8-11-7(13-12-8)5-3-4-1-2-6(5)10-4/h4-6,10H,1-3H2,(H2,9,12)/t4-,5-,6+/m0/s1. The van der Waals surface area contributed by atoms with Gasteiger partial charge in [-0.25, -0.2) is 0 Å². The Hall–Kier alpha value is -1.10. The molecule has 5 heteroatoms. The fourth-order valence-corrected chi connectivity index (χ4v) is 2.49. The van der Waals surface area contributed by atoms with E-state index in [1.165, 1.54) is 12.8 Å². The minimum absolute atomic E-state index is 0.248. The molecular weight excluding hydrogens is 168 g/mol. The van der Waals surface area contributed by atoms with E-state index in [1.807, 2.05) is 0 Å². The maximum Gasteiger partial charge on any atom is 0.260 e. The summed E-state index contributed by atoms with van der Waals surface area (Å²) in [6.07, 6.45) is 3.62. The van der Waals surface area contributed by atoms with E-state index in [0.29, 0.717) is 23.9 Å². The zero-order valence-electron chi connectivity index (χ0n) is 7.23. The smallest absolute Gasteiger partial charge is 0.260 e. The van der Waals surface area contributed by atoms with Gasteiger partial charge in [-0.1, -0.05) is 0 Å². The van der Waals surface area contributed by atoms with Crippen LogP contribution in [0, 0.1) is 0 Å². The number of fused-ring (bicyclic) bond motifs is 2. The number of nitrogens with two attached hydrogens (primary N) is 1. The van der Waals surface area contributed by atoms with Gasteiger partial charge in [0, 0.05) is 12.1 Å². The van der Waals surface area contributed by atoms with Crippen molar-refractivity contribution < 1.29 is 4.52 Å². The monoisotopic (exact) mass is 180 g/mol. The molecule has 2 bridgehead atoms. The van der Waals surface area contributed by atoms with Gasteiger partial charge in [0.2, 0.25) is 5.89 Å². The van der Waals surface area contributed by atoms with Gasteiger partial charge in [0.25, 0.3) is 5.95 Å². The van der Waals surface area contributed by atoms with E-state index in [4.69, 9.17) is 10.3 Å². The Labute approximate surface area is 75.7 Å². The Morgan fingerprint density at radius 1 is 1.46 bits per heavy atom. The normalized spacial score (nSPS) is 37.1. The van der Waals surface area contributed by atoms with Crippen LogP contribution in [0.3, 0.4) is 0 Å². The lowest BCUT2D eigenvalue weighted by Gasteiger charge is -2.15. The Morgan fingerprint density at radius 3 is 2.92 bits per heavy atom. The first-order chi connectivity index (χ1) is 6.33. The molecule has 2 saturated heterocycles. The zero-order valence-corrected chi connectivity index (χ0v) is 7.23. The van der Waals surface area contributed by atoms with E-state index in [1.54, 1.807) is 0 Å². The molecule has 2 aliphatic rings. The molecule has 0 radical (unpaired) electrons. The van der Waals surface area contributed by atoms with Crippen LogP contribution < -0.4 is 11.1 Å². The van der Waals surface area contributed by atoms with Crippen LogP contribution in [0.15, 0.2) is 4.52 Å². The SMILES string of the molecule is Nc1noc([C@H]2C[C@@H]3CC[C@H]2N3)n1. The first-order valence-corrected chi connectivity index (χ1v) is 4.68. The first kappa shape index (κ1) is 7.32. The van der Waals surface area contributed by atoms with E-state index in [-0.39, 0.29) is 5.95 Å². The highest BCUT2D eigenvalue weighted by atomic mass is 16.5. The van der Waals surface area contributed by atoms with Crippen LogP contribution >= 0.6 is 0 Å². The zero-order chi connectivity index (χ0) is 8.84. The van der Waals surface area contributed by atoms with Crippen LogP contribution in [0.2, 0.25) is 0 Å². The summed E-state index contributed by atoms with van der Waals surface area (Å²) in [6, 6.07) is 1.19. The van der Waals surface area contributed by atoms with Gasteiger partial charge in [0.15, 0.2) is 0 Å². The molecule has 0 amide bonds. The lowest BCUT2D eigenvalue weighted by Crippen LogP contribution is -2.21. The average Bonchev–Trinajstić information content (AvgIpc) is 2.77. The highest BCUT2D eigenvalue weighted by Crippen LogP contribution is 2.39. The van der Waals surface area contributed by atoms with E-state index < -0.39 is 0 Å². The van der Waals surface area contributed by atoms with Crippen LogP contribution in [0.1, 0.15) is 31.1 Å². The number of hydrogen-bond donors (Lipinski definition) is 2. The van der Waals surface area contributed by atoms with Gasteiger partial charge in [0.05, 0.1) is 5.92 Å². The van der Waals surface area contributed by atoms with Gasteiger partial charge in [0.1, 0.15) is 0 Å². The Bertz CT molecular complexity index is 324. The van der Waals surface area contributed by atoms with Crippen molar-refractivity contribution in [2.75, 3.05) is 5.73 Å². The fourth-order valence-electron chi connectivity index (χ4n) is 2.49. The average molecular weight is 180 g/mol. The molecule has 3 N–H and O–H groups in total. The third-order valence-corrected chi connectivity index (χ3v) is 3.07. The van der Waals surface area contributed by atoms with Crippen molar-refractivity contribution in [2.24, 2.45) is 0 Å². The Morgan fingerprint density at radius 2 is 2.38 bits per heavy atom. The molecule has 2 fully saturated rings. The summed E-state index contributed by atoms with van der Waals surface area (Å²) in [5.41, 5.74) is 5.41. The molecule has 0 spiro atoms. The second-order valence-corrected chi connectivity index (χ2v) is 3.88. The summed E-state index contributed by atoms with van der Waals surface area (Å²) in [5.74, 6) is 1.35. The molecule has 3 atom stereocenters. The van der Waals surface area contributed by atoms with Gasteiger partial charge in [-0.2, -0.15) is 4.98 Å². The molecule has 3 heterocycles. The Kier molecular flexibility index (Phi) is 1.38. The minimum Gasteiger partial charge on any atom is -0.365 e. The van der Waals surface area contributed by atoms with Crippen molar-refractivity contribution in [1.29, 1.82) is 0 Å². The lowest BCUT2D eigenvalue weighted by atomic mass is 9.89. The molecule has 3 rings (SSSR count). The van der Waals surface area contributed by atoms with Gasteiger partial charge < -0.3 is 15.6 Å². The molecule has 13 heavy (non-hydrogen) atoms. The van der Waals surface area contributed by atoms with Crippen molar-refractivity contribution in [1.82, 2.24) is 15.5 Å². The van der Waals surface area contributed by atoms with E-state index in [0.717, 1.165) is 6.42 Å². The highest BCUT2D eigenvalue weighted by Gasteiger charge is 2.42. The number of nitrogens with one attached hydrogen (secondary N) is 1. The van der Waals surface area contributed by atoms with Gasteiger partial charge in [-0.05, 0) is 24.4 Å². The van der Waals surface area contributed by atoms with Crippen molar-refractivity contribution in [3.63, 3.8) is 0 Å². The minimum atomic E-state index is 0.248. The highest BCUT2D eigenvalue weighted by molar-refractivity contribution is 5.16. The number of aromatic nitrogens is 2. The summed E-state index contributed by atoms with van der Waals surface area (Å²) < 4.78 is 5.07. The van der Waals surface area contributed by atoms with Crippen molar-refractivity contribution in [2.45, 2.75) is 37.3 Å². The van der Waals surface area contributed by atoms with Gasteiger partial charge in [-0.15, -0.1) is 0 Å². The van der Waals surface area contributed by atoms with Crippen LogP contribution in [0.4, 0.5) is 5.95 Å². The fraction of sp³-hybridized carbons (Fsp3) is 0.750. The topological polar surface area (TPSA) is 77.0 Å².